The van der Waals surface area contributed by atoms with E-state index < -0.39 is 6.61 Å². The average molecular weight is 371 g/mol. The van der Waals surface area contributed by atoms with Crippen LogP contribution in [0.4, 0.5) is 8.78 Å². The molecule has 0 spiro atoms. The van der Waals surface area contributed by atoms with E-state index in [0.717, 1.165) is 18.4 Å². The molecule has 1 atom stereocenters. The third-order valence-corrected chi connectivity index (χ3v) is 4.91. The number of aromatic nitrogens is 3. The molecule has 8 heteroatoms. The van der Waals surface area contributed by atoms with E-state index in [1.54, 1.807) is 12.1 Å². The Balaban J connectivity index is 1.65. The van der Waals surface area contributed by atoms with Crippen molar-refractivity contribution in [3.63, 3.8) is 0 Å². The number of rotatable bonds is 4. The van der Waals surface area contributed by atoms with E-state index in [1.165, 1.54) is 12.3 Å². The summed E-state index contributed by atoms with van der Waals surface area (Å²) in [5, 5.41) is 6.64. The van der Waals surface area contributed by atoms with E-state index in [9.17, 15) is 13.6 Å². The van der Waals surface area contributed by atoms with Gasteiger partial charge in [0.15, 0.2) is 11.5 Å². The highest BCUT2D eigenvalue weighted by molar-refractivity contribution is 5.88. The molecule has 1 saturated carbocycles. The van der Waals surface area contributed by atoms with Crippen LogP contribution in [-0.2, 0) is 0 Å². The van der Waals surface area contributed by atoms with Crippen LogP contribution in [0.1, 0.15) is 18.4 Å². The largest absolute Gasteiger partial charge is 0.482 e. The van der Waals surface area contributed by atoms with E-state index in [-0.39, 0.29) is 17.4 Å². The molecule has 5 rings (SSSR count). The Morgan fingerprint density at radius 3 is 2.89 bits per heavy atom. The molecule has 2 N–H and O–H groups in total. The standard InChI is InChI=1S/C19H15F2N3O3/c20-19(21)27-16-6-3-10(11-4-5-15(9-1-2-9)26-17(11)16)13-7-12-14(23-13)8-22-24-18(12)25/h3-9,15,19,23H,1-2H2,(H,24,25). The summed E-state index contributed by atoms with van der Waals surface area (Å²) < 4.78 is 36.3. The fourth-order valence-electron chi connectivity index (χ4n) is 3.46. The third kappa shape index (κ3) is 2.77. The number of hydrogen-bond acceptors (Lipinski definition) is 4. The van der Waals surface area contributed by atoms with Gasteiger partial charge in [-0.3, -0.25) is 4.79 Å². The summed E-state index contributed by atoms with van der Waals surface area (Å²) in [7, 11) is 0. The van der Waals surface area contributed by atoms with Crippen LogP contribution in [0, 0.1) is 5.92 Å². The second kappa shape index (κ2) is 5.94. The van der Waals surface area contributed by atoms with Crippen molar-refractivity contribution in [1.29, 1.82) is 0 Å². The Hall–Kier alpha value is -3.16. The number of hydrogen-bond donors (Lipinski definition) is 2. The molecule has 0 saturated heterocycles. The van der Waals surface area contributed by atoms with Gasteiger partial charge in [0.05, 0.1) is 17.1 Å². The lowest BCUT2D eigenvalue weighted by molar-refractivity contribution is -0.0519. The summed E-state index contributed by atoms with van der Waals surface area (Å²) in [6.07, 6.45) is 7.34. The highest BCUT2D eigenvalue weighted by Crippen LogP contribution is 2.46. The van der Waals surface area contributed by atoms with Crippen LogP contribution in [0.15, 0.2) is 35.3 Å². The van der Waals surface area contributed by atoms with Crippen LogP contribution in [0.5, 0.6) is 11.5 Å². The summed E-state index contributed by atoms with van der Waals surface area (Å²) in [4.78, 5) is 15.1. The molecule has 1 unspecified atom stereocenters. The molecule has 1 aliphatic heterocycles. The van der Waals surface area contributed by atoms with Gasteiger partial charge in [0, 0.05) is 16.8 Å². The van der Waals surface area contributed by atoms with E-state index in [1.807, 2.05) is 12.2 Å². The monoisotopic (exact) mass is 371 g/mol. The van der Waals surface area contributed by atoms with Gasteiger partial charge in [-0.1, -0.05) is 6.08 Å². The van der Waals surface area contributed by atoms with Crippen LogP contribution in [0.25, 0.3) is 28.2 Å². The molecule has 2 aromatic heterocycles. The molecule has 27 heavy (non-hydrogen) atoms. The van der Waals surface area contributed by atoms with Crippen LogP contribution in [-0.4, -0.2) is 27.9 Å². The fraction of sp³-hybridized carbons (Fsp3) is 0.263. The average Bonchev–Trinajstić information content (AvgIpc) is 3.40. The van der Waals surface area contributed by atoms with E-state index in [0.29, 0.717) is 33.8 Å². The number of fused-ring (bicyclic) bond motifs is 2. The summed E-state index contributed by atoms with van der Waals surface area (Å²) in [6, 6.07) is 4.85. The maximum atomic E-state index is 12.8. The van der Waals surface area contributed by atoms with Crippen molar-refractivity contribution in [2.24, 2.45) is 5.92 Å². The zero-order chi connectivity index (χ0) is 18.5. The number of halogens is 2. The Morgan fingerprint density at radius 2 is 2.15 bits per heavy atom. The van der Waals surface area contributed by atoms with Gasteiger partial charge >= 0.3 is 6.61 Å². The summed E-state index contributed by atoms with van der Waals surface area (Å²) in [6.45, 7) is -2.94. The van der Waals surface area contributed by atoms with Crippen LogP contribution in [0.3, 0.4) is 0 Å². The van der Waals surface area contributed by atoms with Crippen molar-refractivity contribution in [3.8, 4) is 22.8 Å². The van der Waals surface area contributed by atoms with Crippen molar-refractivity contribution in [3.05, 3.63) is 46.4 Å². The first kappa shape index (κ1) is 16.0. The van der Waals surface area contributed by atoms with Crippen molar-refractivity contribution < 1.29 is 18.3 Å². The smallest absolute Gasteiger partial charge is 0.387 e. The van der Waals surface area contributed by atoms with Gasteiger partial charge in [-0.15, -0.1) is 0 Å². The number of alkyl halides is 2. The normalized spacial score (nSPS) is 18.6. The van der Waals surface area contributed by atoms with Crippen LogP contribution >= 0.6 is 0 Å². The molecule has 2 aliphatic rings. The summed E-state index contributed by atoms with van der Waals surface area (Å²) in [5.41, 5.74) is 2.32. The quantitative estimate of drug-likeness (QED) is 0.733. The predicted octanol–water partition coefficient (Wildman–Crippen LogP) is 3.70. The van der Waals surface area contributed by atoms with Crippen molar-refractivity contribution >= 4 is 17.0 Å². The molecular formula is C19H15F2N3O3. The first-order chi connectivity index (χ1) is 13.1. The number of nitrogens with one attached hydrogen (secondary N) is 2. The molecule has 3 heterocycles. The van der Waals surface area contributed by atoms with Gasteiger partial charge in [-0.2, -0.15) is 13.9 Å². The van der Waals surface area contributed by atoms with Gasteiger partial charge in [-0.25, -0.2) is 5.10 Å². The Bertz CT molecular complexity index is 1120. The van der Waals surface area contributed by atoms with Gasteiger partial charge in [0.2, 0.25) is 0 Å². The van der Waals surface area contributed by atoms with Crippen LogP contribution in [0.2, 0.25) is 0 Å². The lowest BCUT2D eigenvalue weighted by atomic mass is 9.99. The first-order valence-corrected chi connectivity index (χ1v) is 8.63. The number of nitrogens with zero attached hydrogens (tertiary/aromatic N) is 1. The topological polar surface area (TPSA) is 80.0 Å². The lowest BCUT2D eigenvalue weighted by Gasteiger charge is -2.25. The molecule has 138 valence electrons. The zero-order valence-corrected chi connectivity index (χ0v) is 14.0. The van der Waals surface area contributed by atoms with Gasteiger partial charge in [-0.05, 0) is 43.0 Å². The molecule has 0 amide bonds. The summed E-state index contributed by atoms with van der Waals surface area (Å²) >= 11 is 0. The van der Waals surface area contributed by atoms with Crippen molar-refractivity contribution in [1.82, 2.24) is 15.2 Å². The minimum absolute atomic E-state index is 0.00868. The fourth-order valence-corrected chi connectivity index (χ4v) is 3.46. The number of benzene rings is 1. The van der Waals surface area contributed by atoms with Crippen molar-refractivity contribution in [2.75, 3.05) is 0 Å². The molecule has 6 nitrogen and oxygen atoms in total. The SMILES string of the molecule is O=c1[nH]ncc2[nH]c(-c3ccc(OC(F)F)c4c3C=CC(C3CC3)O4)cc12. The van der Waals surface area contributed by atoms with Gasteiger partial charge in [0.1, 0.15) is 6.10 Å². The second-order valence-electron chi connectivity index (χ2n) is 6.72. The number of ether oxygens (including phenoxy) is 2. The third-order valence-electron chi connectivity index (χ3n) is 4.91. The predicted molar refractivity (Wildman–Crippen MR) is 95.0 cm³/mol. The minimum atomic E-state index is -2.94. The Labute approximate surface area is 151 Å². The molecule has 1 aliphatic carbocycles. The summed E-state index contributed by atoms with van der Waals surface area (Å²) in [5.74, 6) is 0.724. The van der Waals surface area contributed by atoms with Gasteiger partial charge in [0.25, 0.3) is 5.56 Å². The molecule has 1 aromatic carbocycles. The van der Waals surface area contributed by atoms with Gasteiger partial charge < -0.3 is 14.5 Å². The highest BCUT2D eigenvalue weighted by Gasteiger charge is 2.35. The van der Waals surface area contributed by atoms with E-state index >= 15 is 0 Å². The molecule has 3 aromatic rings. The first-order valence-electron chi connectivity index (χ1n) is 8.63. The highest BCUT2D eigenvalue weighted by atomic mass is 19.3. The maximum absolute atomic E-state index is 12.8. The molecule has 0 radical (unpaired) electrons. The van der Waals surface area contributed by atoms with Crippen LogP contribution < -0.4 is 15.0 Å². The number of aromatic amines is 2. The molecule has 1 fully saturated rings. The molecular weight excluding hydrogens is 356 g/mol. The minimum Gasteiger partial charge on any atom is -0.482 e. The Morgan fingerprint density at radius 1 is 1.30 bits per heavy atom. The van der Waals surface area contributed by atoms with Crippen molar-refractivity contribution in [2.45, 2.75) is 25.6 Å². The second-order valence-corrected chi connectivity index (χ2v) is 6.72. The van der Waals surface area contributed by atoms with E-state index in [4.69, 9.17) is 4.74 Å². The van der Waals surface area contributed by atoms with E-state index in [2.05, 4.69) is 19.9 Å². The lowest BCUT2D eigenvalue weighted by Crippen LogP contribution is -2.20. The zero-order valence-electron chi connectivity index (χ0n) is 14.0. The Kier molecular flexibility index (Phi) is 3.53. The molecule has 0 bridgehead atoms. The number of H-pyrrole nitrogens is 2. The maximum Gasteiger partial charge on any atom is 0.387 e.